The number of hydrogen-bond acceptors (Lipinski definition) is 3. The number of nitrogens with zero attached hydrogens (tertiary/aromatic N) is 1. The minimum absolute atomic E-state index is 0.0202. The molecule has 4 heteroatoms. The number of fused-ring (bicyclic) bond motifs is 1. The number of H-pyrrole nitrogens is 1. The third kappa shape index (κ3) is 2.14. The smallest absolute Gasteiger partial charge is 0.162 e. The summed E-state index contributed by atoms with van der Waals surface area (Å²) in [5.74, 6) is 1.72. The van der Waals surface area contributed by atoms with Crippen molar-refractivity contribution in [3.63, 3.8) is 0 Å². The predicted molar refractivity (Wildman–Crippen MR) is 102 cm³/mol. The molecule has 0 radical (unpaired) electrons. The standard InChI is InChI=1S/C22H25N3O/c1-21(2)11-15-17(16(26)12-21)22(3,14-7-5-4-6-8-14)18-19(13-9-10-13)24-25-20(18)23-15/h4-8,13H,9-12H2,1-3H3,(H2,23,24,25)/t22-/m1/s1. The van der Waals surface area contributed by atoms with Gasteiger partial charge in [-0.25, -0.2) is 0 Å². The highest BCUT2D eigenvalue weighted by Gasteiger charge is 2.50. The monoisotopic (exact) mass is 347 g/mol. The normalized spacial score (nSPS) is 27.0. The van der Waals surface area contributed by atoms with Gasteiger partial charge in [-0.2, -0.15) is 5.10 Å². The van der Waals surface area contributed by atoms with Crippen molar-refractivity contribution in [1.29, 1.82) is 0 Å². The average molecular weight is 347 g/mol. The minimum atomic E-state index is -0.449. The van der Waals surface area contributed by atoms with Gasteiger partial charge in [0.2, 0.25) is 0 Å². The summed E-state index contributed by atoms with van der Waals surface area (Å²) in [6.45, 7) is 6.56. The van der Waals surface area contributed by atoms with Gasteiger partial charge >= 0.3 is 0 Å². The third-order valence-electron chi connectivity index (χ3n) is 6.28. The van der Waals surface area contributed by atoms with Crippen molar-refractivity contribution in [2.75, 3.05) is 5.32 Å². The summed E-state index contributed by atoms with van der Waals surface area (Å²) >= 11 is 0. The predicted octanol–water partition coefficient (Wildman–Crippen LogP) is 4.66. The van der Waals surface area contributed by atoms with E-state index in [0.29, 0.717) is 12.3 Å². The number of Topliss-reactive ketones (excluding diaryl/α,β-unsaturated/α-hetero) is 1. The number of aromatic nitrogens is 2. The molecule has 2 N–H and O–H groups in total. The van der Waals surface area contributed by atoms with Crippen molar-refractivity contribution in [2.24, 2.45) is 5.41 Å². The Morgan fingerprint density at radius 2 is 1.81 bits per heavy atom. The van der Waals surface area contributed by atoms with Crippen LogP contribution in [0.4, 0.5) is 5.82 Å². The van der Waals surface area contributed by atoms with Crippen LogP contribution in [0.2, 0.25) is 0 Å². The van der Waals surface area contributed by atoms with Crippen LogP contribution >= 0.6 is 0 Å². The number of nitrogens with one attached hydrogen (secondary N) is 2. The molecule has 0 saturated heterocycles. The number of anilines is 1. The molecule has 3 aliphatic rings. The van der Waals surface area contributed by atoms with Crippen LogP contribution in [0, 0.1) is 5.41 Å². The van der Waals surface area contributed by atoms with E-state index in [4.69, 9.17) is 0 Å². The second-order valence-corrected chi connectivity index (χ2v) is 9.05. The highest BCUT2D eigenvalue weighted by molar-refractivity contribution is 6.03. The summed E-state index contributed by atoms with van der Waals surface area (Å²) < 4.78 is 0. The zero-order valence-corrected chi connectivity index (χ0v) is 15.6. The second kappa shape index (κ2) is 5.09. The Bertz CT molecular complexity index is 934. The molecule has 1 atom stereocenters. The number of allylic oxidation sites excluding steroid dienone is 2. The van der Waals surface area contributed by atoms with Crippen LogP contribution < -0.4 is 5.32 Å². The van der Waals surface area contributed by atoms with Crippen LogP contribution in [-0.2, 0) is 10.2 Å². The van der Waals surface area contributed by atoms with Gasteiger partial charge in [0.25, 0.3) is 0 Å². The summed E-state index contributed by atoms with van der Waals surface area (Å²) in [6, 6.07) is 10.5. The number of benzene rings is 1. The first kappa shape index (κ1) is 15.9. The molecule has 134 valence electrons. The van der Waals surface area contributed by atoms with E-state index >= 15 is 0 Å². The van der Waals surface area contributed by atoms with Crippen molar-refractivity contribution < 1.29 is 4.79 Å². The van der Waals surface area contributed by atoms with Crippen molar-refractivity contribution in [3.05, 3.63) is 58.4 Å². The lowest BCUT2D eigenvalue weighted by atomic mass is 9.61. The molecule has 5 rings (SSSR count). The molecule has 1 aromatic carbocycles. The summed E-state index contributed by atoms with van der Waals surface area (Å²) in [5.41, 5.74) is 5.09. The molecule has 2 aliphatic carbocycles. The Kier molecular flexibility index (Phi) is 3.10. The van der Waals surface area contributed by atoms with Crippen molar-refractivity contribution in [2.45, 2.75) is 57.8 Å². The van der Waals surface area contributed by atoms with E-state index in [0.717, 1.165) is 23.5 Å². The number of rotatable bonds is 2. The van der Waals surface area contributed by atoms with Gasteiger partial charge in [0.1, 0.15) is 0 Å². The van der Waals surface area contributed by atoms with Gasteiger partial charge in [0.05, 0.1) is 5.41 Å². The van der Waals surface area contributed by atoms with Gasteiger partial charge in [-0.1, -0.05) is 44.2 Å². The van der Waals surface area contributed by atoms with E-state index in [-0.39, 0.29) is 11.2 Å². The number of aromatic amines is 1. The summed E-state index contributed by atoms with van der Waals surface area (Å²) in [7, 11) is 0. The number of carbonyl (C=O) groups is 1. The minimum Gasteiger partial charge on any atom is -0.342 e. The molecule has 0 bridgehead atoms. The molecule has 0 spiro atoms. The Labute approximate surface area is 154 Å². The Morgan fingerprint density at radius 1 is 1.08 bits per heavy atom. The van der Waals surface area contributed by atoms with E-state index in [1.165, 1.54) is 29.7 Å². The Morgan fingerprint density at radius 3 is 2.50 bits per heavy atom. The largest absolute Gasteiger partial charge is 0.342 e. The van der Waals surface area contributed by atoms with Gasteiger partial charge in [0, 0.05) is 34.9 Å². The summed E-state index contributed by atoms with van der Waals surface area (Å²) in [4.78, 5) is 13.3. The average Bonchev–Trinajstić information content (AvgIpc) is 3.34. The first-order valence-corrected chi connectivity index (χ1v) is 9.58. The third-order valence-corrected chi connectivity index (χ3v) is 6.28. The highest BCUT2D eigenvalue weighted by Crippen LogP contribution is 2.55. The lowest BCUT2D eigenvalue weighted by Gasteiger charge is -2.44. The van der Waals surface area contributed by atoms with Gasteiger partial charge in [-0.05, 0) is 37.2 Å². The molecule has 2 heterocycles. The van der Waals surface area contributed by atoms with Crippen LogP contribution in [0.15, 0.2) is 41.6 Å². The van der Waals surface area contributed by atoms with E-state index in [1.54, 1.807) is 0 Å². The second-order valence-electron chi connectivity index (χ2n) is 9.05. The maximum absolute atomic E-state index is 13.3. The lowest BCUT2D eigenvalue weighted by Crippen LogP contribution is -2.42. The summed E-state index contributed by atoms with van der Waals surface area (Å²) in [6.07, 6.45) is 3.88. The number of ketones is 1. The fourth-order valence-electron chi connectivity index (χ4n) is 4.96. The molecule has 1 fully saturated rings. The maximum atomic E-state index is 13.3. The van der Waals surface area contributed by atoms with E-state index in [2.05, 4.69) is 60.6 Å². The Balaban J connectivity index is 1.79. The SMILES string of the molecule is CC1(C)CC(=O)C2=C(C1)Nc1n[nH]c(C3CC3)c1[C@]2(C)c1ccccc1. The van der Waals surface area contributed by atoms with Crippen LogP contribution in [0.5, 0.6) is 0 Å². The van der Waals surface area contributed by atoms with Gasteiger partial charge in [0.15, 0.2) is 11.6 Å². The topological polar surface area (TPSA) is 57.8 Å². The van der Waals surface area contributed by atoms with E-state index < -0.39 is 5.41 Å². The fourth-order valence-corrected chi connectivity index (χ4v) is 4.96. The van der Waals surface area contributed by atoms with Gasteiger partial charge in [-0.3, -0.25) is 9.89 Å². The van der Waals surface area contributed by atoms with Crippen molar-refractivity contribution >= 4 is 11.6 Å². The highest BCUT2D eigenvalue weighted by atomic mass is 16.1. The lowest BCUT2D eigenvalue weighted by molar-refractivity contribution is -0.118. The number of carbonyl (C=O) groups excluding carboxylic acids is 1. The molecule has 1 aliphatic heterocycles. The van der Waals surface area contributed by atoms with Crippen LogP contribution in [0.25, 0.3) is 0 Å². The van der Waals surface area contributed by atoms with Gasteiger partial charge in [-0.15, -0.1) is 0 Å². The number of hydrogen-bond donors (Lipinski definition) is 2. The molecule has 2 aromatic rings. The zero-order chi connectivity index (χ0) is 18.1. The van der Waals surface area contributed by atoms with Crippen LogP contribution in [0.3, 0.4) is 0 Å². The fraction of sp³-hybridized carbons (Fsp3) is 0.455. The van der Waals surface area contributed by atoms with E-state index in [1.807, 2.05) is 6.07 Å². The quantitative estimate of drug-likeness (QED) is 0.830. The molecule has 1 saturated carbocycles. The van der Waals surface area contributed by atoms with Crippen molar-refractivity contribution in [3.8, 4) is 0 Å². The van der Waals surface area contributed by atoms with E-state index in [9.17, 15) is 4.79 Å². The molecule has 0 amide bonds. The van der Waals surface area contributed by atoms with Gasteiger partial charge < -0.3 is 5.32 Å². The van der Waals surface area contributed by atoms with Crippen molar-refractivity contribution in [1.82, 2.24) is 10.2 Å². The molecule has 26 heavy (non-hydrogen) atoms. The molecule has 1 aromatic heterocycles. The molecular weight excluding hydrogens is 322 g/mol. The molecule has 4 nitrogen and oxygen atoms in total. The van der Waals surface area contributed by atoms with Crippen LogP contribution in [0.1, 0.15) is 69.2 Å². The Hall–Kier alpha value is -2.36. The molecular formula is C22H25N3O. The maximum Gasteiger partial charge on any atom is 0.162 e. The molecule has 0 unspecified atom stereocenters. The first-order chi connectivity index (χ1) is 12.4. The van der Waals surface area contributed by atoms with Crippen LogP contribution in [-0.4, -0.2) is 16.0 Å². The summed E-state index contributed by atoms with van der Waals surface area (Å²) in [5, 5.41) is 11.4. The zero-order valence-electron chi connectivity index (χ0n) is 15.6. The first-order valence-electron chi connectivity index (χ1n) is 9.58.